The van der Waals surface area contributed by atoms with E-state index in [1.54, 1.807) is 99.1 Å². The molecule has 1 aliphatic rings. The van der Waals surface area contributed by atoms with E-state index in [9.17, 15) is 80.4 Å². The Bertz CT molecular complexity index is 7290. The van der Waals surface area contributed by atoms with Crippen LogP contribution in [-0.4, -0.2) is 151 Å². The van der Waals surface area contributed by atoms with E-state index in [1.807, 2.05) is 154 Å². The van der Waals surface area contributed by atoms with Crippen molar-refractivity contribution in [2.75, 3.05) is 20.8 Å². The highest BCUT2D eigenvalue weighted by Crippen LogP contribution is 2.35. The van der Waals surface area contributed by atoms with Crippen molar-refractivity contribution in [2.45, 2.75) is 130 Å². The lowest BCUT2D eigenvalue weighted by molar-refractivity contribution is -0.143. The van der Waals surface area contributed by atoms with Gasteiger partial charge in [-0.1, -0.05) is 211 Å². The van der Waals surface area contributed by atoms with E-state index in [0.717, 1.165) is 62.9 Å². The molecule has 0 atom stereocenters. The molecule has 36 heteroatoms. The van der Waals surface area contributed by atoms with Crippen LogP contribution in [-0.2, 0) is 114 Å². The fourth-order valence-corrected chi connectivity index (χ4v) is 22.8. The Kier molecular flexibility index (Phi) is 40.1. The van der Waals surface area contributed by atoms with Crippen molar-refractivity contribution in [1.29, 1.82) is 0 Å². The van der Waals surface area contributed by atoms with Gasteiger partial charge in [0.2, 0.25) is 50.1 Å². The van der Waals surface area contributed by atoms with Gasteiger partial charge in [0.1, 0.15) is 17.3 Å². The topological polar surface area (TPSA) is 429 Å². The first-order valence-electron chi connectivity index (χ1n) is 45.9. The third-order valence-corrected chi connectivity index (χ3v) is 33.3. The van der Waals surface area contributed by atoms with E-state index in [4.69, 9.17) is 46.6 Å². The van der Waals surface area contributed by atoms with E-state index in [2.05, 4.69) is 0 Å². The van der Waals surface area contributed by atoms with Crippen LogP contribution >= 0.6 is 11.6 Å². The number of rotatable bonds is 38. The largest absolute Gasteiger partial charge is 0.497 e. The minimum Gasteiger partial charge on any atom is -0.497 e. The SMILES string of the molecule is COc1ccc(CN(Cc2ccccc2Cl)S(=O)(=O)c2ccc(C(=O)O)cc2)cc1.COc1cccc(CN(CC2CCC(C(=O)O)CC2)S(=O)(=O)c2ccc(C)cc2)c1.Cc1ccc(CN(Cc2ccccc2)S(=O)(=O)c2ccc(C(=O)O)cc2)cc1.Cc1ccccc1CN(Cc1ccc(C(=O)O)cc1)S(=O)(=O)c1ccc(C(=O)O)cc1.O=C(O)c1ccc(S(=O)(=O)N(Cc2ccccc2)Cc2ccc(F)cc2)cc1. The van der Waals surface area contributed by atoms with E-state index in [1.165, 1.54) is 155 Å². The Balaban J connectivity index is 0.000000175. The second-order valence-electron chi connectivity index (χ2n) is 34.4. The number of aliphatic carboxylic acids is 1. The van der Waals surface area contributed by atoms with Gasteiger partial charge in [-0.2, -0.15) is 21.5 Å². The van der Waals surface area contributed by atoms with Crippen LogP contribution in [0.25, 0.3) is 0 Å². The average Bonchev–Trinajstić information content (AvgIpc) is 0.804. The van der Waals surface area contributed by atoms with Crippen molar-refractivity contribution in [2.24, 2.45) is 11.8 Å². The lowest BCUT2D eigenvalue weighted by atomic mass is 9.82. The summed E-state index contributed by atoms with van der Waals surface area (Å²) in [5.41, 5.74) is 10.2. The molecule has 0 aromatic heterocycles. The van der Waals surface area contributed by atoms with Crippen LogP contribution in [0, 0.1) is 38.4 Å². The standard InChI is InChI=1S/C23H21NO6S.C23H29NO5S.C22H20ClNO5S.C22H21NO4S.C21H18FNO4S/c1-16-4-2-3-5-20(16)15-24(14-17-6-8-18(9-7-17)22(25)26)31(29,30)21-12-10-19(11-13-21)23(27)28;1-17-6-12-22(13-7-17)30(27,28)24(16-19-4-3-5-21(14-19)29-2)15-18-8-10-20(11-9-18)23(25)26;1-29-19-10-6-16(7-11-19)14-24(15-18-4-2-3-5-21(18)23)30(27,28)20-12-8-17(9-13-20)22(25)26;1-17-7-9-19(10-8-17)16-23(15-18-5-3-2-4-6-18)28(26,27)21-13-11-20(12-14-21)22(24)25;22-19-10-6-17(7-11-19)15-23(14-16-4-2-1-3-5-16)28(26,27)20-12-8-18(9-13-20)21(24)25/h2-13H,14-15H2,1H3,(H,25,26)(H,27,28);3-7,12-14,18,20H,8-11,15-16H2,1-2H3,(H,25,26);2-13H,14-15H2,1H3,(H,25,26);2-14H,15-16H2,1H3,(H,24,25);1-13H,14-15H2,(H,24,25). The Labute approximate surface area is 859 Å². The Hall–Kier alpha value is -14.7. The number of ether oxygens (including phenoxy) is 2. The summed E-state index contributed by atoms with van der Waals surface area (Å²) in [7, 11) is -16.1. The van der Waals surface area contributed by atoms with E-state index in [-0.39, 0.29) is 123 Å². The molecule has 147 heavy (non-hydrogen) atoms. The molecule has 1 saturated carbocycles. The summed E-state index contributed by atoms with van der Waals surface area (Å²) in [5, 5.41) is 55.0. The molecule has 14 aromatic carbocycles. The number of hydrogen-bond donors (Lipinski definition) is 6. The number of aryl methyl sites for hydroxylation is 3. The Morgan fingerprint density at radius 2 is 0.565 bits per heavy atom. The van der Waals surface area contributed by atoms with Gasteiger partial charge < -0.3 is 40.1 Å². The lowest BCUT2D eigenvalue weighted by Crippen LogP contribution is -2.36. The number of carboxylic acid groups (broad SMARTS) is 6. The van der Waals surface area contributed by atoms with Crippen LogP contribution in [0.1, 0.15) is 144 Å². The van der Waals surface area contributed by atoms with Gasteiger partial charge in [0.05, 0.1) is 72.4 Å². The zero-order valence-corrected chi connectivity index (χ0v) is 85.4. The van der Waals surface area contributed by atoms with Crippen LogP contribution in [0.15, 0.2) is 376 Å². The molecule has 0 unspecified atom stereocenters. The van der Waals surface area contributed by atoms with E-state index < -0.39 is 91.7 Å². The number of hydrogen-bond acceptors (Lipinski definition) is 18. The van der Waals surface area contributed by atoms with Crippen LogP contribution in [0.3, 0.4) is 0 Å². The van der Waals surface area contributed by atoms with Gasteiger partial charge in [-0.05, 0) is 272 Å². The molecular weight excluding hydrogens is 2000 g/mol. The van der Waals surface area contributed by atoms with Crippen molar-refractivity contribution in [3.63, 3.8) is 0 Å². The summed E-state index contributed by atoms with van der Waals surface area (Å²) in [6.45, 7) is 7.34. The molecular formula is C111H109ClFN5O24S5. The second-order valence-corrected chi connectivity index (χ2v) is 44.5. The summed E-state index contributed by atoms with van der Waals surface area (Å²) in [6, 6.07) is 94.3. The Morgan fingerprint density at radius 1 is 0.293 bits per heavy atom. The predicted molar refractivity (Wildman–Crippen MR) is 554 cm³/mol. The molecule has 29 nitrogen and oxygen atoms in total. The fraction of sp³-hybridized carbons (Fsp3) is 0.189. The zero-order valence-electron chi connectivity index (χ0n) is 80.6. The van der Waals surface area contributed by atoms with Crippen LogP contribution in [0.4, 0.5) is 4.39 Å². The third-order valence-electron chi connectivity index (χ3n) is 23.9. The maximum atomic E-state index is 13.4. The van der Waals surface area contributed by atoms with Gasteiger partial charge in [0.25, 0.3) is 0 Å². The summed E-state index contributed by atoms with van der Waals surface area (Å²) >= 11 is 6.26. The molecule has 15 rings (SSSR count). The number of sulfonamides is 5. The fourth-order valence-electron chi connectivity index (χ4n) is 15.5. The first kappa shape index (κ1) is 113. The van der Waals surface area contributed by atoms with Gasteiger partial charge >= 0.3 is 35.8 Å². The average molecular weight is 2110 g/mol. The third kappa shape index (κ3) is 32.1. The predicted octanol–water partition coefficient (Wildman–Crippen LogP) is 20.3. The smallest absolute Gasteiger partial charge is 0.335 e. The highest BCUT2D eigenvalue weighted by Gasteiger charge is 2.35. The number of carbonyl (C=O) groups is 6. The van der Waals surface area contributed by atoms with Gasteiger partial charge in [-0.15, -0.1) is 0 Å². The summed E-state index contributed by atoms with van der Waals surface area (Å²) in [6.07, 6.45) is 2.62. The number of halogens is 2. The molecule has 0 radical (unpaired) electrons. The minimum atomic E-state index is -3.96. The molecule has 6 N–H and O–H groups in total. The van der Waals surface area contributed by atoms with Crippen LogP contribution < -0.4 is 9.47 Å². The molecule has 0 aliphatic heterocycles. The number of carboxylic acids is 6. The van der Waals surface area contributed by atoms with Crippen molar-refractivity contribution in [3.05, 3.63) is 457 Å². The van der Waals surface area contributed by atoms with E-state index in [0.29, 0.717) is 52.6 Å². The highest BCUT2D eigenvalue weighted by atomic mass is 35.5. The first-order chi connectivity index (χ1) is 70.0. The lowest BCUT2D eigenvalue weighted by Gasteiger charge is -2.31. The normalized spacial score (nSPS) is 13.1. The van der Waals surface area contributed by atoms with Gasteiger partial charge in [0.15, 0.2) is 0 Å². The van der Waals surface area contributed by atoms with Crippen molar-refractivity contribution < 1.29 is 115 Å². The van der Waals surface area contributed by atoms with Crippen molar-refractivity contribution >= 4 is 97.5 Å². The van der Waals surface area contributed by atoms with E-state index >= 15 is 0 Å². The first-order valence-corrected chi connectivity index (χ1v) is 53.5. The second kappa shape index (κ2) is 52.4. The summed E-state index contributed by atoms with van der Waals surface area (Å²) in [4.78, 5) is 66.9. The van der Waals surface area contributed by atoms with Crippen LogP contribution in [0.5, 0.6) is 11.5 Å². The molecule has 0 saturated heterocycles. The highest BCUT2D eigenvalue weighted by molar-refractivity contribution is 7.90. The molecule has 0 heterocycles. The van der Waals surface area contributed by atoms with Gasteiger partial charge in [-0.3, -0.25) is 4.79 Å². The molecule has 0 amide bonds. The minimum absolute atomic E-state index is 0.00413. The maximum Gasteiger partial charge on any atom is 0.335 e. The maximum absolute atomic E-state index is 13.4. The summed E-state index contributed by atoms with van der Waals surface area (Å²) in [5.74, 6) is -5.52. The van der Waals surface area contributed by atoms with Gasteiger partial charge in [-0.25, -0.2) is 70.5 Å². The zero-order chi connectivity index (χ0) is 106. The monoisotopic (exact) mass is 2110 g/mol. The summed E-state index contributed by atoms with van der Waals surface area (Å²) < 4.78 is 164. The molecule has 0 bridgehead atoms. The molecule has 1 aliphatic carbocycles. The number of methoxy groups -OCH3 is 2. The molecule has 1 fully saturated rings. The van der Waals surface area contributed by atoms with Crippen molar-refractivity contribution in [3.8, 4) is 11.5 Å². The quantitative estimate of drug-likeness (QED) is 0.0209. The van der Waals surface area contributed by atoms with Crippen LogP contribution in [0.2, 0.25) is 5.02 Å². The van der Waals surface area contributed by atoms with Crippen molar-refractivity contribution in [1.82, 2.24) is 21.5 Å². The molecule has 14 aromatic rings. The number of nitrogens with zero attached hydrogens (tertiary/aromatic N) is 5. The number of benzene rings is 14. The molecule has 0 spiro atoms. The van der Waals surface area contributed by atoms with Gasteiger partial charge in [0, 0.05) is 70.5 Å². The molecule has 766 valence electrons. The Morgan fingerprint density at radius 3 is 0.912 bits per heavy atom. The number of aromatic carboxylic acids is 5.